The molecule has 0 saturated carbocycles. The van der Waals surface area contributed by atoms with Crippen LogP contribution >= 0.6 is 0 Å². The van der Waals surface area contributed by atoms with Gasteiger partial charge >= 0.3 is 5.97 Å². The van der Waals surface area contributed by atoms with E-state index in [4.69, 9.17) is 5.26 Å². The maximum absolute atomic E-state index is 9.82. The number of pyridine rings is 1. The minimum Gasteiger partial charge on any atom is -0.466 e. The van der Waals surface area contributed by atoms with Crippen molar-refractivity contribution >= 4 is 22.6 Å². The van der Waals surface area contributed by atoms with Crippen LogP contribution in [0, 0.1) is 17.2 Å². The Balaban J connectivity index is 0.000000326. The first kappa shape index (κ1) is 18.7. The number of aromatic nitrogens is 1. The van der Waals surface area contributed by atoms with Gasteiger partial charge in [-0.3, -0.25) is 9.78 Å². The SMILES string of the molecule is CCOC(C)=O.CC[C@H]1CCN(c2ccc(C#N)c3ncccc23)C1. The molecule has 0 spiro atoms. The number of carbonyl (C=O) groups excluding carboxylic acids is 1. The molecule has 25 heavy (non-hydrogen) atoms. The van der Waals surface area contributed by atoms with Gasteiger partial charge in [-0.1, -0.05) is 13.3 Å². The lowest BCUT2D eigenvalue weighted by Crippen LogP contribution is -2.19. The van der Waals surface area contributed by atoms with Crippen LogP contribution in [-0.2, 0) is 9.53 Å². The summed E-state index contributed by atoms with van der Waals surface area (Å²) < 4.78 is 4.40. The summed E-state index contributed by atoms with van der Waals surface area (Å²) in [5.41, 5.74) is 2.70. The summed E-state index contributed by atoms with van der Waals surface area (Å²) in [6.07, 6.45) is 4.26. The van der Waals surface area contributed by atoms with Crippen LogP contribution in [0.2, 0.25) is 0 Å². The van der Waals surface area contributed by atoms with Gasteiger partial charge < -0.3 is 9.64 Å². The van der Waals surface area contributed by atoms with Gasteiger partial charge in [0.2, 0.25) is 0 Å². The molecule has 1 fully saturated rings. The van der Waals surface area contributed by atoms with Gasteiger partial charge in [0.05, 0.1) is 17.7 Å². The van der Waals surface area contributed by atoms with E-state index in [1.54, 1.807) is 13.1 Å². The zero-order valence-corrected chi connectivity index (χ0v) is 15.2. The van der Waals surface area contributed by atoms with Gasteiger partial charge in [-0.25, -0.2) is 0 Å². The van der Waals surface area contributed by atoms with Gasteiger partial charge in [-0.15, -0.1) is 0 Å². The van der Waals surface area contributed by atoms with E-state index < -0.39 is 0 Å². The first-order valence-corrected chi connectivity index (χ1v) is 8.76. The number of nitriles is 1. The van der Waals surface area contributed by atoms with Crippen molar-refractivity contribution in [3.63, 3.8) is 0 Å². The smallest absolute Gasteiger partial charge is 0.302 e. The largest absolute Gasteiger partial charge is 0.466 e. The third kappa shape index (κ3) is 4.69. The molecule has 1 saturated heterocycles. The van der Waals surface area contributed by atoms with Crippen molar-refractivity contribution in [2.45, 2.75) is 33.6 Å². The normalized spacial score (nSPS) is 16.1. The van der Waals surface area contributed by atoms with Crippen molar-refractivity contribution in [1.29, 1.82) is 5.26 Å². The molecule has 5 nitrogen and oxygen atoms in total. The number of anilines is 1. The van der Waals surface area contributed by atoms with Crippen LogP contribution in [0.1, 0.15) is 39.2 Å². The van der Waals surface area contributed by atoms with Crippen molar-refractivity contribution in [1.82, 2.24) is 4.98 Å². The molecule has 0 amide bonds. The Morgan fingerprint density at radius 1 is 1.40 bits per heavy atom. The Morgan fingerprint density at radius 2 is 2.20 bits per heavy atom. The molecule has 132 valence electrons. The molecule has 1 atom stereocenters. The number of rotatable bonds is 3. The number of nitrogens with zero attached hydrogens (tertiary/aromatic N) is 3. The van der Waals surface area contributed by atoms with E-state index >= 15 is 0 Å². The highest BCUT2D eigenvalue weighted by Crippen LogP contribution is 2.32. The second kappa shape index (κ2) is 9.03. The van der Waals surface area contributed by atoms with Crippen molar-refractivity contribution in [2.24, 2.45) is 5.92 Å². The van der Waals surface area contributed by atoms with E-state index in [1.165, 1.54) is 25.5 Å². The molecule has 0 N–H and O–H groups in total. The predicted molar refractivity (Wildman–Crippen MR) is 99.4 cm³/mol. The summed E-state index contributed by atoms with van der Waals surface area (Å²) in [5, 5.41) is 10.3. The Bertz CT molecular complexity index is 767. The molecule has 1 aliphatic rings. The van der Waals surface area contributed by atoms with Gasteiger partial charge in [-0.2, -0.15) is 5.26 Å². The predicted octanol–water partition coefficient (Wildman–Crippen LogP) is 3.91. The second-order valence-corrected chi connectivity index (χ2v) is 6.08. The molecule has 5 heteroatoms. The quantitative estimate of drug-likeness (QED) is 0.793. The topological polar surface area (TPSA) is 66.2 Å². The Kier molecular flexibility index (Phi) is 6.76. The van der Waals surface area contributed by atoms with Crippen molar-refractivity contribution in [2.75, 3.05) is 24.6 Å². The fourth-order valence-corrected chi connectivity index (χ4v) is 3.11. The number of hydrogen-bond donors (Lipinski definition) is 0. The van der Waals surface area contributed by atoms with Gasteiger partial charge in [-0.05, 0) is 43.5 Å². The zero-order chi connectivity index (χ0) is 18.2. The minimum atomic E-state index is -0.211. The maximum Gasteiger partial charge on any atom is 0.302 e. The van der Waals surface area contributed by atoms with Crippen LogP contribution in [0.5, 0.6) is 0 Å². The number of hydrogen-bond acceptors (Lipinski definition) is 5. The van der Waals surface area contributed by atoms with Crippen LogP contribution in [0.3, 0.4) is 0 Å². The molecule has 0 bridgehead atoms. The summed E-state index contributed by atoms with van der Waals surface area (Å²) in [7, 11) is 0. The summed E-state index contributed by atoms with van der Waals surface area (Å²) in [4.78, 5) is 16.6. The molecule has 1 aliphatic heterocycles. The monoisotopic (exact) mass is 339 g/mol. The Labute approximate surface area is 149 Å². The third-order valence-corrected chi connectivity index (χ3v) is 4.42. The minimum absolute atomic E-state index is 0.211. The molecule has 1 aromatic heterocycles. The number of ether oxygens (including phenoxy) is 1. The number of fused-ring (bicyclic) bond motifs is 1. The van der Waals surface area contributed by atoms with Crippen LogP contribution in [0.4, 0.5) is 5.69 Å². The lowest BCUT2D eigenvalue weighted by atomic mass is 10.1. The molecule has 3 rings (SSSR count). The fraction of sp³-hybridized carbons (Fsp3) is 0.450. The summed E-state index contributed by atoms with van der Waals surface area (Å²) in [6.45, 7) is 8.13. The first-order chi connectivity index (χ1) is 12.1. The van der Waals surface area contributed by atoms with Gasteiger partial charge in [0.25, 0.3) is 0 Å². The van der Waals surface area contributed by atoms with E-state index in [1.807, 2.05) is 12.1 Å². The summed E-state index contributed by atoms with van der Waals surface area (Å²) >= 11 is 0. The zero-order valence-electron chi connectivity index (χ0n) is 15.2. The third-order valence-electron chi connectivity index (χ3n) is 4.42. The average Bonchev–Trinajstić information content (AvgIpc) is 3.10. The first-order valence-electron chi connectivity index (χ1n) is 8.76. The van der Waals surface area contributed by atoms with Gasteiger partial charge in [0, 0.05) is 37.3 Å². The van der Waals surface area contributed by atoms with Crippen LogP contribution in [0.25, 0.3) is 10.9 Å². The fourth-order valence-electron chi connectivity index (χ4n) is 3.11. The molecule has 0 aliphatic carbocycles. The standard InChI is InChI=1S/C16H17N3.C4H8O2/c1-2-12-7-9-19(11-12)15-6-5-13(10-17)16-14(15)4-3-8-18-16;1-3-6-4(2)5/h3-6,8,12H,2,7,9,11H2,1H3;3H2,1-2H3/t12-;/m0./s1. The molecular formula is C20H25N3O2. The summed E-state index contributed by atoms with van der Waals surface area (Å²) in [6, 6.07) is 10.2. The molecule has 1 aromatic carbocycles. The Morgan fingerprint density at radius 3 is 2.76 bits per heavy atom. The van der Waals surface area contributed by atoms with Crippen molar-refractivity contribution in [3.05, 3.63) is 36.0 Å². The second-order valence-electron chi connectivity index (χ2n) is 6.08. The Hall–Kier alpha value is -2.61. The van der Waals surface area contributed by atoms with E-state index in [0.29, 0.717) is 12.2 Å². The van der Waals surface area contributed by atoms with Crippen molar-refractivity contribution in [3.8, 4) is 6.07 Å². The van der Waals surface area contributed by atoms with Crippen molar-refractivity contribution < 1.29 is 9.53 Å². The molecule has 0 radical (unpaired) electrons. The summed E-state index contributed by atoms with van der Waals surface area (Å²) in [5.74, 6) is 0.583. The average molecular weight is 339 g/mol. The number of benzene rings is 1. The van der Waals surface area contributed by atoms with Crippen LogP contribution < -0.4 is 4.90 Å². The highest BCUT2D eigenvalue weighted by Gasteiger charge is 2.22. The van der Waals surface area contributed by atoms with Crippen LogP contribution in [-0.4, -0.2) is 30.6 Å². The van der Waals surface area contributed by atoms with E-state index in [2.05, 4.69) is 39.7 Å². The van der Waals surface area contributed by atoms with Crippen LogP contribution in [0.15, 0.2) is 30.5 Å². The number of carbonyl (C=O) groups is 1. The van der Waals surface area contributed by atoms with Gasteiger partial charge in [0.1, 0.15) is 6.07 Å². The number of esters is 1. The molecular weight excluding hydrogens is 314 g/mol. The lowest BCUT2D eigenvalue weighted by Gasteiger charge is -2.20. The van der Waals surface area contributed by atoms with Gasteiger partial charge in [0.15, 0.2) is 0 Å². The highest BCUT2D eigenvalue weighted by molar-refractivity contribution is 5.95. The maximum atomic E-state index is 9.82. The van der Waals surface area contributed by atoms with E-state index in [-0.39, 0.29) is 5.97 Å². The molecule has 0 unspecified atom stereocenters. The highest BCUT2D eigenvalue weighted by atomic mass is 16.5. The lowest BCUT2D eigenvalue weighted by molar-refractivity contribution is -0.140. The molecule has 2 heterocycles. The van der Waals surface area contributed by atoms with E-state index in [0.717, 1.165) is 29.9 Å². The van der Waals surface area contributed by atoms with E-state index in [9.17, 15) is 4.79 Å². The molecule has 2 aromatic rings.